The van der Waals surface area contributed by atoms with Gasteiger partial charge in [0.1, 0.15) is 17.1 Å². The van der Waals surface area contributed by atoms with Crippen LogP contribution in [-0.2, 0) is 4.74 Å². The summed E-state index contributed by atoms with van der Waals surface area (Å²) in [5.41, 5.74) is 10.6. The monoisotopic (exact) mass is 541 g/mol. The number of halogens is 1. The third-order valence-electron chi connectivity index (χ3n) is 7.91. The number of anilines is 2. The van der Waals surface area contributed by atoms with Crippen LogP contribution in [0.3, 0.4) is 0 Å². The molecule has 2 unspecified atom stereocenters. The third-order valence-corrected chi connectivity index (χ3v) is 7.91. The second kappa shape index (κ2) is 10.8. The molecule has 2 aromatic carbocycles. The van der Waals surface area contributed by atoms with Gasteiger partial charge in [0, 0.05) is 51.2 Å². The topological polar surface area (TPSA) is 105 Å². The molecule has 2 fully saturated rings. The molecule has 2 aromatic heterocycles. The summed E-state index contributed by atoms with van der Waals surface area (Å²) in [5, 5.41) is 9.44. The SMILES string of the molecule is COc1cc(C#N)ccc1-c1nc2c(N3CCCC(N)C3)ccnc2n1-c1ccc(N2CCC(OC)C2)cc1F. The highest BCUT2D eigenvalue weighted by Gasteiger charge is 2.27. The van der Waals surface area contributed by atoms with E-state index in [0.717, 1.165) is 50.3 Å². The standard InChI is InChI=1S/C30H32FN7O2/c1-39-22-10-13-36(18-22)21-6-8-25(24(31)15-21)38-29(23-7-5-19(16-32)14-27(23)40-2)35-28-26(9-11-34-30(28)38)37-12-3-4-20(33)17-37/h5-9,11,14-15,20,22H,3-4,10,12-13,17-18,33H2,1-2H3. The first kappa shape index (κ1) is 26.0. The smallest absolute Gasteiger partial charge is 0.167 e. The zero-order valence-corrected chi connectivity index (χ0v) is 22.7. The molecular formula is C30H32FN7O2. The van der Waals surface area contributed by atoms with Crippen molar-refractivity contribution in [3.63, 3.8) is 0 Å². The van der Waals surface area contributed by atoms with Crippen molar-refractivity contribution in [2.24, 2.45) is 5.73 Å². The maximum absolute atomic E-state index is 16.0. The number of methoxy groups -OCH3 is 2. The van der Waals surface area contributed by atoms with E-state index in [2.05, 4.69) is 20.9 Å². The molecule has 0 amide bonds. The van der Waals surface area contributed by atoms with Gasteiger partial charge in [-0.1, -0.05) is 0 Å². The fraction of sp³-hybridized carbons (Fsp3) is 0.367. The van der Waals surface area contributed by atoms with Gasteiger partial charge >= 0.3 is 0 Å². The highest BCUT2D eigenvalue weighted by atomic mass is 19.1. The Labute approximate surface area is 232 Å². The molecule has 6 rings (SSSR count). The number of nitrogens with two attached hydrogens (primary N) is 1. The fourth-order valence-electron chi connectivity index (χ4n) is 5.83. The van der Waals surface area contributed by atoms with Crippen molar-refractivity contribution in [2.45, 2.75) is 31.4 Å². The van der Waals surface area contributed by atoms with Crippen molar-refractivity contribution in [1.82, 2.24) is 14.5 Å². The van der Waals surface area contributed by atoms with Crippen LogP contribution in [0, 0.1) is 17.1 Å². The summed E-state index contributed by atoms with van der Waals surface area (Å²) in [6.07, 6.45) is 4.74. The van der Waals surface area contributed by atoms with E-state index in [1.165, 1.54) is 0 Å². The Balaban J connectivity index is 1.54. The van der Waals surface area contributed by atoms with E-state index in [-0.39, 0.29) is 12.1 Å². The quantitative estimate of drug-likeness (QED) is 0.386. The lowest BCUT2D eigenvalue weighted by Crippen LogP contribution is -2.42. The first-order chi connectivity index (χ1) is 19.5. The Morgan fingerprint density at radius 1 is 1.02 bits per heavy atom. The Morgan fingerprint density at radius 3 is 2.62 bits per heavy atom. The van der Waals surface area contributed by atoms with Gasteiger partial charge in [0.15, 0.2) is 11.5 Å². The minimum atomic E-state index is -0.390. The summed E-state index contributed by atoms with van der Waals surface area (Å²) in [4.78, 5) is 14.1. The van der Waals surface area contributed by atoms with Gasteiger partial charge in [-0.15, -0.1) is 0 Å². The molecule has 0 radical (unpaired) electrons. The van der Waals surface area contributed by atoms with Crippen LogP contribution in [0.1, 0.15) is 24.8 Å². The van der Waals surface area contributed by atoms with E-state index in [1.807, 2.05) is 12.1 Å². The average Bonchev–Trinajstić information content (AvgIpc) is 3.62. The molecule has 4 aromatic rings. The van der Waals surface area contributed by atoms with Gasteiger partial charge in [-0.2, -0.15) is 5.26 Å². The van der Waals surface area contributed by atoms with Gasteiger partial charge in [-0.25, -0.2) is 14.4 Å². The van der Waals surface area contributed by atoms with E-state index in [9.17, 15) is 5.26 Å². The summed E-state index contributed by atoms with van der Waals surface area (Å²) >= 11 is 0. The lowest BCUT2D eigenvalue weighted by atomic mass is 10.1. The second-order valence-electron chi connectivity index (χ2n) is 10.4. The number of ether oxygens (including phenoxy) is 2. The van der Waals surface area contributed by atoms with Gasteiger partial charge in [-0.3, -0.25) is 4.57 Å². The van der Waals surface area contributed by atoms with E-state index in [1.54, 1.807) is 55.3 Å². The zero-order valence-electron chi connectivity index (χ0n) is 22.7. The Hall–Kier alpha value is -4.20. The lowest BCUT2D eigenvalue weighted by molar-refractivity contribution is 0.121. The predicted molar refractivity (Wildman–Crippen MR) is 153 cm³/mol. The molecule has 0 aliphatic carbocycles. The molecule has 2 aliphatic rings. The second-order valence-corrected chi connectivity index (χ2v) is 10.4. The molecule has 2 aliphatic heterocycles. The van der Waals surface area contributed by atoms with Crippen molar-refractivity contribution in [2.75, 3.05) is 50.2 Å². The molecule has 2 saturated heterocycles. The molecular weight excluding hydrogens is 509 g/mol. The minimum absolute atomic E-state index is 0.0745. The number of nitriles is 1. The van der Waals surface area contributed by atoms with Crippen LogP contribution in [0.2, 0.25) is 0 Å². The van der Waals surface area contributed by atoms with Gasteiger partial charge < -0.3 is 25.0 Å². The number of rotatable bonds is 6. The number of fused-ring (bicyclic) bond motifs is 1. The Kier molecular flexibility index (Phi) is 7.00. The van der Waals surface area contributed by atoms with Crippen LogP contribution >= 0.6 is 0 Å². The van der Waals surface area contributed by atoms with Crippen molar-refractivity contribution >= 4 is 22.5 Å². The number of imidazole rings is 1. The van der Waals surface area contributed by atoms with Crippen molar-refractivity contribution in [3.05, 3.63) is 60.0 Å². The molecule has 40 heavy (non-hydrogen) atoms. The number of aromatic nitrogens is 3. The van der Waals surface area contributed by atoms with Crippen LogP contribution in [0.5, 0.6) is 5.75 Å². The molecule has 0 saturated carbocycles. The first-order valence-corrected chi connectivity index (χ1v) is 13.5. The first-order valence-electron chi connectivity index (χ1n) is 13.5. The van der Waals surface area contributed by atoms with Crippen LogP contribution in [0.15, 0.2) is 48.7 Å². The number of benzene rings is 2. The maximum Gasteiger partial charge on any atom is 0.167 e. The highest BCUT2D eigenvalue weighted by Crippen LogP contribution is 2.38. The number of piperidine rings is 1. The maximum atomic E-state index is 16.0. The summed E-state index contributed by atoms with van der Waals surface area (Å²) in [6, 6.07) is 14.6. The molecule has 0 bridgehead atoms. The van der Waals surface area contributed by atoms with Gasteiger partial charge in [-0.05, 0) is 61.7 Å². The van der Waals surface area contributed by atoms with Crippen molar-refractivity contribution in [3.8, 4) is 28.9 Å². The van der Waals surface area contributed by atoms with Gasteiger partial charge in [0.05, 0.1) is 41.8 Å². The van der Waals surface area contributed by atoms with Crippen LogP contribution in [-0.4, -0.2) is 67.1 Å². The number of pyridine rings is 1. The van der Waals surface area contributed by atoms with Crippen LogP contribution in [0.4, 0.5) is 15.8 Å². The molecule has 9 nitrogen and oxygen atoms in total. The average molecular weight is 542 g/mol. The Morgan fingerprint density at radius 2 is 1.90 bits per heavy atom. The molecule has 4 heterocycles. The van der Waals surface area contributed by atoms with Gasteiger partial charge in [0.25, 0.3) is 0 Å². The Bertz CT molecular complexity index is 1600. The predicted octanol–water partition coefficient (Wildman–Crippen LogP) is 4.26. The zero-order chi connectivity index (χ0) is 27.8. The van der Waals surface area contributed by atoms with E-state index < -0.39 is 5.82 Å². The lowest BCUT2D eigenvalue weighted by Gasteiger charge is -2.32. The highest BCUT2D eigenvalue weighted by molar-refractivity contribution is 5.91. The molecule has 2 atom stereocenters. The third kappa shape index (κ3) is 4.61. The van der Waals surface area contributed by atoms with Crippen LogP contribution < -0.4 is 20.3 Å². The minimum Gasteiger partial charge on any atom is -0.496 e. The largest absolute Gasteiger partial charge is 0.496 e. The van der Waals surface area contributed by atoms with E-state index in [4.69, 9.17) is 20.2 Å². The number of hydrogen-bond acceptors (Lipinski definition) is 8. The fourth-order valence-corrected chi connectivity index (χ4v) is 5.83. The normalized spacial score (nSPS) is 19.3. The molecule has 10 heteroatoms. The van der Waals surface area contributed by atoms with Gasteiger partial charge in [0.2, 0.25) is 0 Å². The van der Waals surface area contributed by atoms with Crippen molar-refractivity contribution < 1.29 is 13.9 Å². The van der Waals surface area contributed by atoms with Crippen molar-refractivity contribution in [1.29, 1.82) is 5.26 Å². The van der Waals surface area contributed by atoms with E-state index >= 15 is 4.39 Å². The summed E-state index contributed by atoms with van der Waals surface area (Å²) in [7, 11) is 3.25. The number of hydrogen-bond donors (Lipinski definition) is 1. The molecule has 0 spiro atoms. The summed E-state index contributed by atoms with van der Waals surface area (Å²) in [5.74, 6) is 0.556. The number of nitrogens with zero attached hydrogens (tertiary/aromatic N) is 6. The summed E-state index contributed by atoms with van der Waals surface area (Å²) < 4.78 is 28.9. The molecule has 2 N–H and O–H groups in total. The van der Waals surface area contributed by atoms with E-state index in [0.29, 0.717) is 46.1 Å². The summed E-state index contributed by atoms with van der Waals surface area (Å²) in [6.45, 7) is 3.10. The molecule has 206 valence electrons. The van der Waals surface area contributed by atoms with Crippen LogP contribution in [0.25, 0.3) is 28.2 Å².